The molecule has 1 aromatic heterocycles. The predicted octanol–water partition coefficient (Wildman–Crippen LogP) is 2.83. The van der Waals surface area contributed by atoms with Crippen LogP contribution in [0.15, 0.2) is 60.7 Å². The molecule has 1 atom stereocenters. The molecule has 0 aliphatic carbocycles. The van der Waals surface area contributed by atoms with Crippen LogP contribution in [-0.4, -0.2) is 42.2 Å². The summed E-state index contributed by atoms with van der Waals surface area (Å²) in [4.78, 5) is 12.2. The van der Waals surface area contributed by atoms with Gasteiger partial charge in [0.25, 0.3) is 5.91 Å². The number of carbonyl (C=O) groups is 1. The zero-order valence-corrected chi connectivity index (χ0v) is 16.4. The topological polar surface area (TPSA) is 91.8 Å². The SMILES string of the molecule is CC(Oc1ccc2c(c1)OCO2)C(=O)NCCOc1ccc(-c2ccccc2)nn1. The summed E-state index contributed by atoms with van der Waals surface area (Å²) in [5, 5.41) is 11.0. The number of rotatable bonds is 8. The van der Waals surface area contributed by atoms with Gasteiger partial charge in [-0.15, -0.1) is 10.2 Å². The number of benzene rings is 2. The molecule has 1 unspecified atom stereocenters. The molecule has 0 fully saturated rings. The zero-order chi connectivity index (χ0) is 20.8. The van der Waals surface area contributed by atoms with Gasteiger partial charge in [-0.1, -0.05) is 30.3 Å². The first kappa shape index (κ1) is 19.5. The maximum atomic E-state index is 12.2. The molecule has 30 heavy (non-hydrogen) atoms. The smallest absolute Gasteiger partial charge is 0.260 e. The highest BCUT2D eigenvalue weighted by Crippen LogP contribution is 2.35. The second kappa shape index (κ2) is 9.13. The van der Waals surface area contributed by atoms with Crippen molar-refractivity contribution < 1.29 is 23.7 Å². The van der Waals surface area contributed by atoms with Crippen molar-refractivity contribution in [3.8, 4) is 34.4 Å². The first-order valence-corrected chi connectivity index (χ1v) is 9.55. The fraction of sp³-hybridized carbons (Fsp3) is 0.227. The number of ether oxygens (including phenoxy) is 4. The number of hydrogen-bond donors (Lipinski definition) is 1. The maximum Gasteiger partial charge on any atom is 0.260 e. The molecule has 2 heterocycles. The van der Waals surface area contributed by atoms with Crippen LogP contribution in [0.1, 0.15) is 6.92 Å². The average molecular weight is 407 g/mol. The molecule has 1 aliphatic heterocycles. The molecule has 8 nitrogen and oxygen atoms in total. The van der Waals surface area contributed by atoms with Crippen LogP contribution >= 0.6 is 0 Å². The summed E-state index contributed by atoms with van der Waals surface area (Å²) in [6.07, 6.45) is -0.671. The Morgan fingerprint density at radius 1 is 1.07 bits per heavy atom. The number of hydrogen-bond acceptors (Lipinski definition) is 7. The molecule has 0 saturated carbocycles. The van der Waals surface area contributed by atoms with E-state index < -0.39 is 6.10 Å². The Morgan fingerprint density at radius 2 is 1.90 bits per heavy atom. The molecule has 3 aromatic rings. The average Bonchev–Trinajstić information content (AvgIpc) is 3.25. The number of aromatic nitrogens is 2. The van der Waals surface area contributed by atoms with Crippen LogP contribution in [0.5, 0.6) is 23.1 Å². The number of nitrogens with zero attached hydrogens (tertiary/aromatic N) is 2. The molecule has 2 aromatic carbocycles. The third-order valence-electron chi connectivity index (χ3n) is 4.39. The second-order valence-electron chi connectivity index (χ2n) is 6.54. The number of fused-ring (bicyclic) bond motifs is 1. The van der Waals surface area contributed by atoms with Gasteiger partial charge in [0.15, 0.2) is 17.6 Å². The Labute approximate surface area is 173 Å². The minimum atomic E-state index is -0.671. The van der Waals surface area contributed by atoms with Crippen LogP contribution in [0.4, 0.5) is 0 Å². The summed E-state index contributed by atoms with van der Waals surface area (Å²) >= 11 is 0. The Kier molecular flexibility index (Phi) is 5.93. The third kappa shape index (κ3) is 4.78. The molecule has 0 bridgehead atoms. The van der Waals surface area contributed by atoms with Crippen molar-refractivity contribution >= 4 is 5.91 Å². The van der Waals surface area contributed by atoms with E-state index in [2.05, 4.69) is 15.5 Å². The van der Waals surface area contributed by atoms with Crippen molar-refractivity contribution in [1.29, 1.82) is 0 Å². The lowest BCUT2D eigenvalue weighted by Gasteiger charge is -2.15. The molecule has 0 radical (unpaired) electrons. The third-order valence-corrected chi connectivity index (χ3v) is 4.39. The van der Waals surface area contributed by atoms with Crippen molar-refractivity contribution in [2.24, 2.45) is 0 Å². The van der Waals surface area contributed by atoms with Gasteiger partial charge in [-0.05, 0) is 25.1 Å². The van der Waals surface area contributed by atoms with E-state index >= 15 is 0 Å². The van der Waals surface area contributed by atoms with Gasteiger partial charge >= 0.3 is 0 Å². The van der Waals surface area contributed by atoms with Crippen molar-refractivity contribution in [3.63, 3.8) is 0 Å². The standard InChI is InChI=1S/C22H21N3O5/c1-15(30-17-7-9-19-20(13-17)29-14-28-19)22(26)23-11-12-27-21-10-8-18(24-25-21)16-5-3-2-4-6-16/h2-10,13,15H,11-12,14H2,1H3,(H,23,26). The van der Waals surface area contributed by atoms with Crippen LogP contribution in [0.25, 0.3) is 11.3 Å². The fourth-order valence-electron chi connectivity index (χ4n) is 2.84. The van der Waals surface area contributed by atoms with Gasteiger partial charge in [-0.25, -0.2) is 0 Å². The van der Waals surface area contributed by atoms with Gasteiger partial charge in [-0.2, -0.15) is 0 Å². The summed E-state index contributed by atoms with van der Waals surface area (Å²) in [5.74, 6) is 1.95. The largest absolute Gasteiger partial charge is 0.481 e. The van der Waals surface area contributed by atoms with Gasteiger partial charge in [-0.3, -0.25) is 4.79 Å². The minimum Gasteiger partial charge on any atom is -0.481 e. The molecular formula is C22H21N3O5. The highest BCUT2D eigenvalue weighted by Gasteiger charge is 2.18. The predicted molar refractivity (Wildman–Crippen MR) is 109 cm³/mol. The van der Waals surface area contributed by atoms with Gasteiger partial charge in [0.1, 0.15) is 12.4 Å². The number of amides is 1. The van der Waals surface area contributed by atoms with Crippen molar-refractivity contribution in [1.82, 2.24) is 15.5 Å². The van der Waals surface area contributed by atoms with Gasteiger partial charge in [0, 0.05) is 17.7 Å². The van der Waals surface area contributed by atoms with Crippen LogP contribution in [0.3, 0.4) is 0 Å². The first-order chi connectivity index (χ1) is 14.7. The molecule has 0 saturated heterocycles. The maximum absolute atomic E-state index is 12.2. The molecule has 1 amide bonds. The van der Waals surface area contributed by atoms with E-state index in [1.807, 2.05) is 36.4 Å². The summed E-state index contributed by atoms with van der Waals surface area (Å²) in [7, 11) is 0. The van der Waals surface area contributed by atoms with Crippen LogP contribution in [-0.2, 0) is 4.79 Å². The van der Waals surface area contributed by atoms with E-state index in [1.54, 1.807) is 31.2 Å². The Bertz CT molecular complexity index is 995. The second-order valence-corrected chi connectivity index (χ2v) is 6.54. The molecule has 8 heteroatoms. The van der Waals surface area contributed by atoms with Crippen LogP contribution in [0.2, 0.25) is 0 Å². The van der Waals surface area contributed by atoms with E-state index in [0.29, 0.717) is 29.7 Å². The summed E-state index contributed by atoms with van der Waals surface area (Å²) in [6.45, 7) is 2.44. The lowest BCUT2D eigenvalue weighted by atomic mass is 10.1. The molecular weight excluding hydrogens is 386 g/mol. The molecule has 154 valence electrons. The highest BCUT2D eigenvalue weighted by atomic mass is 16.7. The van der Waals surface area contributed by atoms with Gasteiger partial charge < -0.3 is 24.3 Å². The lowest BCUT2D eigenvalue weighted by molar-refractivity contribution is -0.127. The van der Waals surface area contributed by atoms with E-state index in [4.69, 9.17) is 18.9 Å². The monoisotopic (exact) mass is 407 g/mol. The lowest BCUT2D eigenvalue weighted by Crippen LogP contribution is -2.38. The fourth-order valence-corrected chi connectivity index (χ4v) is 2.84. The van der Waals surface area contributed by atoms with Gasteiger partial charge in [0.05, 0.1) is 12.2 Å². The molecule has 1 aliphatic rings. The van der Waals surface area contributed by atoms with Crippen molar-refractivity contribution in [3.05, 3.63) is 60.7 Å². The summed E-state index contributed by atoms with van der Waals surface area (Å²) in [5.41, 5.74) is 1.76. The number of nitrogens with one attached hydrogen (secondary N) is 1. The molecule has 0 spiro atoms. The van der Waals surface area contributed by atoms with E-state index in [0.717, 1.165) is 11.3 Å². The number of carbonyl (C=O) groups excluding carboxylic acids is 1. The first-order valence-electron chi connectivity index (χ1n) is 9.55. The molecule has 4 rings (SSSR count). The Hall–Kier alpha value is -3.81. The van der Waals surface area contributed by atoms with Crippen LogP contribution < -0.4 is 24.3 Å². The van der Waals surface area contributed by atoms with Crippen molar-refractivity contribution in [2.75, 3.05) is 19.9 Å². The minimum absolute atomic E-state index is 0.189. The highest BCUT2D eigenvalue weighted by molar-refractivity contribution is 5.80. The summed E-state index contributed by atoms with van der Waals surface area (Å²) < 4.78 is 21.8. The summed E-state index contributed by atoms with van der Waals surface area (Å²) in [6, 6.07) is 18.6. The normalized spacial score (nSPS) is 12.8. The van der Waals surface area contributed by atoms with E-state index in [1.165, 1.54) is 0 Å². The van der Waals surface area contributed by atoms with Crippen LogP contribution in [0, 0.1) is 0 Å². The van der Waals surface area contributed by atoms with Crippen molar-refractivity contribution in [2.45, 2.75) is 13.0 Å². The Balaban J connectivity index is 1.20. The molecule has 1 N–H and O–H groups in total. The Morgan fingerprint density at radius 3 is 2.70 bits per heavy atom. The van der Waals surface area contributed by atoms with E-state index in [9.17, 15) is 4.79 Å². The van der Waals surface area contributed by atoms with E-state index in [-0.39, 0.29) is 19.3 Å². The quantitative estimate of drug-likeness (QED) is 0.574. The zero-order valence-electron chi connectivity index (χ0n) is 16.4. The van der Waals surface area contributed by atoms with Gasteiger partial charge in [0.2, 0.25) is 12.7 Å².